The largest absolute Gasteiger partial charge is 0.505 e. The zero-order valence-corrected chi connectivity index (χ0v) is 18.7. The van der Waals surface area contributed by atoms with Crippen molar-refractivity contribution in [1.29, 1.82) is 0 Å². The minimum absolute atomic E-state index is 0.128. The first-order chi connectivity index (χ1) is 13.8. The number of pyridine rings is 1. The van der Waals surface area contributed by atoms with E-state index in [9.17, 15) is 9.90 Å². The molecule has 5 nitrogen and oxygen atoms in total. The van der Waals surface area contributed by atoms with E-state index in [1.54, 1.807) is 18.2 Å². The number of fused-ring (bicyclic) bond motifs is 1. The fraction of sp³-hybridized carbons (Fsp3) is 0.273. The van der Waals surface area contributed by atoms with Gasteiger partial charge in [-0.1, -0.05) is 24.9 Å². The number of hydrogen-bond donors (Lipinski definition) is 1. The molecule has 3 rings (SSSR count). The van der Waals surface area contributed by atoms with E-state index in [-0.39, 0.29) is 18.1 Å². The fourth-order valence-corrected chi connectivity index (χ4v) is 3.85. The molecule has 0 unspecified atom stereocenters. The number of halogens is 2. The highest BCUT2D eigenvalue weighted by atomic mass is 79.9. The van der Waals surface area contributed by atoms with Crippen molar-refractivity contribution >= 4 is 44.3 Å². The molecular weight excluding hydrogens is 458 g/mol. The molecule has 7 heteroatoms. The Morgan fingerprint density at radius 3 is 2.52 bits per heavy atom. The lowest BCUT2D eigenvalue weighted by molar-refractivity contribution is 0.0489. The van der Waals surface area contributed by atoms with Crippen molar-refractivity contribution in [3.8, 4) is 17.2 Å². The van der Waals surface area contributed by atoms with Crippen LogP contribution in [-0.2, 0) is 4.74 Å². The van der Waals surface area contributed by atoms with Crippen molar-refractivity contribution in [2.75, 3.05) is 6.61 Å². The van der Waals surface area contributed by atoms with Gasteiger partial charge >= 0.3 is 5.97 Å². The maximum absolute atomic E-state index is 12.3. The molecule has 29 heavy (non-hydrogen) atoms. The van der Waals surface area contributed by atoms with E-state index in [1.807, 2.05) is 32.9 Å². The van der Waals surface area contributed by atoms with E-state index in [0.29, 0.717) is 31.9 Å². The van der Waals surface area contributed by atoms with Gasteiger partial charge < -0.3 is 14.6 Å². The Balaban J connectivity index is 2.00. The van der Waals surface area contributed by atoms with E-state index >= 15 is 0 Å². The molecule has 0 aliphatic heterocycles. The summed E-state index contributed by atoms with van der Waals surface area (Å²) in [5, 5.41) is 12.4. The normalized spacial score (nSPS) is 10.9. The van der Waals surface area contributed by atoms with Crippen LogP contribution in [0.25, 0.3) is 10.8 Å². The summed E-state index contributed by atoms with van der Waals surface area (Å²) in [5.74, 6) is 0.319. The lowest BCUT2D eigenvalue weighted by Crippen LogP contribution is -2.09. The second kappa shape index (κ2) is 9.01. The number of benzene rings is 2. The Hall–Kier alpha value is -2.31. The molecule has 0 aliphatic carbocycles. The van der Waals surface area contributed by atoms with Crippen molar-refractivity contribution in [3.63, 3.8) is 0 Å². The number of esters is 1. The van der Waals surface area contributed by atoms with Gasteiger partial charge in [0.1, 0.15) is 16.1 Å². The van der Waals surface area contributed by atoms with Crippen molar-refractivity contribution < 1.29 is 19.4 Å². The van der Waals surface area contributed by atoms with Crippen LogP contribution in [0.1, 0.15) is 41.4 Å². The van der Waals surface area contributed by atoms with Crippen LogP contribution in [0.4, 0.5) is 0 Å². The van der Waals surface area contributed by atoms with Gasteiger partial charge in [-0.15, -0.1) is 0 Å². The fourth-order valence-electron chi connectivity index (χ4n) is 3.00. The smallest absolute Gasteiger partial charge is 0.360 e. The van der Waals surface area contributed by atoms with Crippen LogP contribution in [0, 0.1) is 13.8 Å². The van der Waals surface area contributed by atoms with Crippen LogP contribution in [0.5, 0.6) is 17.2 Å². The number of carbonyl (C=O) groups excluding carboxylic acids is 1. The van der Waals surface area contributed by atoms with Crippen molar-refractivity contribution in [2.45, 2.75) is 33.6 Å². The van der Waals surface area contributed by atoms with Crippen LogP contribution in [-0.4, -0.2) is 22.7 Å². The predicted octanol–water partition coefficient (Wildman–Crippen LogP) is 6.72. The molecule has 0 amide bonds. The number of ether oxygens (including phenoxy) is 2. The number of aromatic hydroxyl groups is 1. The first-order valence-electron chi connectivity index (χ1n) is 9.25. The van der Waals surface area contributed by atoms with Crippen LogP contribution in [0.2, 0.25) is 5.02 Å². The van der Waals surface area contributed by atoms with E-state index in [2.05, 4.69) is 20.9 Å². The summed E-state index contributed by atoms with van der Waals surface area (Å²) < 4.78 is 11.7. The lowest BCUT2D eigenvalue weighted by Gasteiger charge is -2.14. The van der Waals surface area contributed by atoms with Crippen molar-refractivity contribution in [2.24, 2.45) is 0 Å². The van der Waals surface area contributed by atoms with E-state index in [0.717, 1.165) is 24.0 Å². The maximum Gasteiger partial charge on any atom is 0.360 e. The summed E-state index contributed by atoms with van der Waals surface area (Å²) in [6, 6.07) is 8.88. The summed E-state index contributed by atoms with van der Waals surface area (Å²) in [5.41, 5.74) is 1.67. The summed E-state index contributed by atoms with van der Waals surface area (Å²) >= 11 is 9.46. The highest BCUT2D eigenvalue weighted by Gasteiger charge is 2.20. The molecule has 0 atom stereocenters. The van der Waals surface area contributed by atoms with Gasteiger partial charge in [0.25, 0.3) is 0 Å². The van der Waals surface area contributed by atoms with Gasteiger partial charge in [-0.3, -0.25) is 0 Å². The highest BCUT2D eigenvalue weighted by molar-refractivity contribution is 9.10. The summed E-state index contributed by atoms with van der Waals surface area (Å²) in [7, 11) is 0. The predicted molar refractivity (Wildman–Crippen MR) is 117 cm³/mol. The van der Waals surface area contributed by atoms with E-state index in [1.165, 1.54) is 0 Å². The molecule has 0 spiro atoms. The second-order valence-corrected chi connectivity index (χ2v) is 7.96. The van der Waals surface area contributed by atoms with Gasteiger partial charge in [0, 0.05) is 15.8 Å². The highest BCUT2D eigenvalue weighted by Crippen LogP contribution is 2.37. The average Bonchev–Trinajstić information content (AvgIpc) is 2.67. The topological polar surface area (TPSA) is 68.7 Å². The van der Waals surface area contributed by atoms with Crippen LogP contribution >= 0.6 is 27.5 Å². The number of carbonyl (C=O) groups is 1. The van der Waals surface area contributed by atoms with Crippen LogP contribution in [0.15, 0.2) is 34.9 Å². The third kappa shape index (κ3) is 4.65. The zero-order valence-electron chi connectivity index (χ0n) is 16.4. The average molecular weight is 479 g/mol. The molecule has 0 aliphatic rings. The molecular formula is C22H21BrClNO4. The Bertz CT molecular complexity index is 1060. The van der Waals surface area contributed by atoms with Crippen molar-refractivity contribution in [1.82, 2.24) is 4.98 Å². The summed E-state index contributed by atoms with van der Waals surface area (Å²) in [4.78, 5) is 16.5. The third-order valence-corrected chi connectivity index (χ3v) is 5.29. The van der Waals surface area contributed by atoms with Gasteiger partial charge in [-0.25, -0.2) is 9.78 Å². The number of rotatable bonds is 6. The number of aryl methyl sites for hydroxylation is 2. The van der Waals surface area contributed by atoms with Gasteiger partial charge in [0.05, 0.1) is 6.61 Å². The Morgan fingerprint density at radius 1 is 1.17 bits per heavy atom. The first kappa shape index (κ1) is 21.4. The van der Waals surface area contributed by atoms with E-state index in [4.69, 9.17) is 21.1 Å². The molecule has 0 saturated heterocycles. The molecule has 1 heterocycles. The number of nitrogens with zero attached hydrogens (tertiary/aromatic N) is 1. The number of hydrogen-bond acceptors (Lipinski definition) is 5. The van der Waals surface area contributed by atoms with Gasteiger partial charge in [-0.05, 0) is 77.7 Å². The number of unbranched alkanes of at least 4 members (excludes halogenated alkanes) is 1. The third-order valence-electron chi connectivity index (χ3n) is 4.47. The van der Waals surface area contributed by atoms with E-state index < -0.39 is 5.97 Å². The molecule has 0 bridgehead atoms. The standard InChI is InChI=1S/C22H21BrClNO4/c1-4-5-8-28-22(27)18-19(26)17-11-15(6-7-16(17)21(23)25-18)29-20-12(2)9-14(24)10-13(20)3/h6-7,9-11,26H,4-5,8H2,1-3H3. The minimum Gasteiger partial charge on any atom is -0.505 e. The summed E-state index contributed by atoms with van der Waals surface area (Å²) in [6.07, 6.45) is 1.65. The zero-order chi connectivity index (χ0) is 21.1. The minimum atomic E-state index is -0.658. The maximum atomic E-state index is 12.3. The molecule has 0 radical (unpaired) electrons. The quantitative estimate of drug-likeness (QED) is 0.242. The van der Waals surface area contributed by atoms with Crippen LogP contribution < -0.4 is 4.74 Å². The van der Waals surface area contributed by atoms with Gasteiger partial charge in [0.2, 0.25) is 0 Å². The monoisotopic (exact) mass is 477 g/mol. The molecule has 0 fully saturated rings. The summed E-state index contributed by atoms with van der Waals surface area (Å²) in [6.45, 7) is 6.11. The Morgan fingerprint density at radius 2 is 1.86 bits per heavy atom. The molecule has 2 aromatic carbocycles. The SMILES string of the molecule is CCCCOC(=O)c1nc(Br)c2ccc(Oc3c(C)cc(Cl)cc3C)cc2c1O. The Kier molecular flexibility index (Phi) is 6.65. The van der Waals surface area contributed by atoms with Crippen molar-refractivity contribution in [3.05, 3.63) is 56.8 Å². The second-order valence-electron chi connectivity index (χ2n) is 6.77. The van der Waals surface area contributed by atoms with Gasteiger partial charge in [-0.2, -0.15) is 0 Å². The van der Waals surface area contributed by atoms with Crippen LogP contribution in [0.3, 0.4) is 0 Å². The first-order valence-corrected chi connectivity index (χ1v) is 10.4. The number of aromatic nitrogens is 1. The lowest BCUT2D eigenvalue weighted by atomic mass is 10.1. The molecule has 0 saturated carbocycles. The molecule has 3 aromatic rings. The molecule has 1 N–H and O–H groups in total. The molecule has 152 valence electrons. The molecule has 1 aromatic heterocycles. The van der Waals surface area contributed by atoms with Gasteiger partial charge in [0.15, 0.2) is 11.4 Å². The Labute approximate surface area is 182 Å².